The van der Waals surface area contributed by atoms with Crippen molar-refractivity contribution in [2.24, 2.45) is 11.7 Å². The molecule has 34 heavy (non-hydrogen) atoms. The van der Waals surface area contributed by atoms with Crippen molar-refractivity contribution in [3.05, 3.63) is 65.7 Å². The molecule has 9 heteroatoms. The smallest absolute Gasteiger partial charge is 0.345 e. The Morgan fingerprint density at radius 2 is 1.76 bits per heavy atom. The molecule has 0 fully saturated rings. The Labute approximate surface area is 196 Å². The minimum Gasteiger partial charge on any atom is -0.497 e. The maximum absolute atomic E-state index is 14.5. The molecule has 0 unspecified atom stereocenters. The molecule has 180 valence electrons. The predicted octanol–water partition coefficient (Wildman–Crippen LogP) is 5.16. The lowest BCUT2D eigenvalue weighted by molar-refractivity contribution is -0.147. The highest BCUT2D eigenvalue weighted by molar-refractivity contribution is 5.73. The summed E-state index contributed by atoms with van der Waals surface area (Å²) in [6, 6.07) is 13.0. The molecule has 0 amide bonds. The van der Waals surface area contributed by atoms with Gasteiger partial charge in [-0.15, -0.1) is 0 Å². The Bertz CT molecular complexity index is 1170. The lowest BCUT2D eigenvalue weighted by Gasteiger charge is -2.20. The standard InChI is InChI=1S/C25H26F2N2O5/c1-4-14(2)22(25(30)31)34-24-21(27)12-20(26)23(29-24)33-19-10-17(9-18(11-19)32-3)16-7-5-6-15(8-16)13-28/h5-12,14,22H,4,13,28H2,1-3H3,(H,30,31)/t14-,22-/m1/s1. The van der Waals surface area contributed by atoms with E-state index in [2.05, 4.69) is 4.98 Å². The molecule has 0 spiro atoms. The fourth-order valence-electron chi connectivity index (χ4n) is 3.24. The zero-order chi connectivity index (χ0) is 24.8. The number of carboxylic acid groups (broad SMARTS) is 1. The lowest BCUT2D eigenvalue weighted by Crippen LogP contribution is -2.34. The number of aliphatic carboxylic acids is 1. The number of benzene rings is 2. The molecule has 1 aromatic heterocycles. The SMILES string of the molecule is CC[C@@H](C)[C@@H](Oc1nc(Oc2cc(OC)cc(-c3cccc(CN)c3)c2)c(F)cc1F)C(=O)O. The van der Waals surface area contributed by atoms with Gasteiger partial charge in [0.15, 0.2) is 17.7 Å². The molecule has 2 atom stereocenters. The summed E-state index contributed by atoms with van der Waals surface area (Å²) in [5.41, 5.74) is 8.20. The summed E-state index contributed by atoms with van der Waals surface area (Å²) in [7, 11) is 1.48. The van der Waals surface area contributed by atoms with E-state index in [1.807, 2.05) is 24.3 Å². The van der Waals surface area contributed by atoms with Crippen molar-refractivity contribution in [3.8, 4) is 34.4 Å². The van der Waals surface area contributed by atoms with E-state index in [0.29, 0.717) is 30.3 Å². The number of carbonyl (C=O) groups is 1. The second-order valence-electron chi connectivity index (χ2n) is 7.73. The van der Waals surface area contributed by atoms with Crippen LogP contribution >= 0.6 is 0 Å². The lowest BCUT2D eigenvalue weighted by atomic mass is 10.0. The first-order chi connectivity index (χ1) is 16.2. The van der Waals surface area contributed by atoms with Gasteiger partial charge in [0.25, 0.3) is 11.8 Å². The highest BCUT2D eigenvalue weighted by Crippen LogP contribution is 2.34. The van der Waals surface area contributed by atoms with Crippen molar-refractivity contribution >= 4 is 5.97 Å². The zero-order valence-corrected chi connectivity index (χ0v) is 19.0. The van der Waals surface area contributed by atoms with Crippen LogP contribution in [0.25, 0.3) is 11.1 Å². The van der Waals surface area contributed by atoms with Crippen LogP contribution in [0, 0.1) is 17.6 Å². The summed E-state index contributed by atoms with van der Waals surface area (Å²) >= 11 is 0. The Kier molecular flexibility index (Phi) is 8.01. The van der Waals surface area contributed by atoms with Crippen molar-refractivity contribution in [2.45, 2.75) is 32.9 Å². The number of aromatic nitrogens is 1. The van der Waals surface area contributed by atoms with E-state index in [-0.39, 0.29) is 5.75 Å². The molecule has 0 saturated carbocycles. The van der Waals surface area contributed by atoms with Crippen LogP contribution in [0.3, 0.4) is 0 Å². The summed E-state index contributed by atoms with van der Waals surface area (Å²) in [6.45, 7) is 3.79. The van der Waals surface area contributed by atoms with Crippen molar-refractivity contribution in [3.63, 3.8) is 0 Å². The maximum atomic E-state index is 14.5. The summed E-state index contributed by atoms with van der Waals surface area (Å²) < 4.78 is 45.1. The van der Waals surface area contributed by atoms with Crippen LogP contribution < -0.4 is 19.9 Å². The third-order valence-electron chi connectivity index (χ3n) is 5.33. The van der Waals surface area contributed by atoms with Crippen molar-refractivity contribution in [2.75, 3.05) is 7.11 Å². The van der Waals surface area contributed by atoms with Gasteiger partial charge < -0.3 is 25.1 Å². The minimum atomic E-state index is -1.36. The van der Waals surface area contributed by atoms with Crippen LogP contribution in [0.1, 0.15) is 25.8 Å². The van der Waals surface area contributed by atoms with E-state index in [4.69, 9.17) is 19.9 Å². The molecule has 0 bridgehead atoms. The molecule has 0 aliphatic heterocycles. The molecular weight excluding hydrogens is 446 g/mol. The zero-order valence-electron chi connectivity index (χ0n) is 19.0. The van der Waals surface area contributed by atoms with Gasteiger partial charge in [-0.05, 0) is 41.3 Å². The van der Waals surface area contributed by atoms with Gasteiger partial charge in [-0.3, -0.25) is 0 Å². The number of halogens is 2. The van der Waals surface area contributed by atoms with Gasteiger partial charge in [-0.1, -0.05) is 32.0 Å². The van der Waals surface area contributed by atoms with Gasteiger partial charge in [-0.25, -0.2) is 13.6 Å². The topological polar surface area (TPSA) is 104 Å². The van der Waals surface area contributed by atoms with Crippen molar-refractivity contribution in [1.29, 1.82) is 0 Å². The van der Waals surface area contributed by atoms with E-state index in [1.165, 1.54) is 13.2 Å². The van der Waals surface area contributed by atoms with Crippen LogP contribution in [-0.4, -0.2) is 29.3 Å². The van der Waals surface area contributed by atoms with Crippen molar-refractivity contribution < 1.29 is 32.9 Å². The van der Waals surface area contributed by atoms with Gasteiger partial charge in [0.2, 0.25) is 0 Å². The molecule has 1 heterocycles. The second kappa shape index (κ2) is 10.9. The molecule has 0 aliphatic carbocycles. The van der Waals surface area contributed by atoms with E-state index < -0.39 is 41.4 Å². The minimum absolute atomic E-state index is 0.174. The Hall–Kier alpha value is -3.72. The second-order valence-corrected chi connectivity index (χ2v) is 7.73. The highest BCUT2D eigenvalue weighted by atomic mass is 19.1. The molecule has 3 aromatic rings. The normalized spacial score (nSPS) is 12.6. The first kappa shape index (κ1) is 24.9. The number of carboxylic acids is 1. The summed E-state index contributed by atoms with van der Waals surface area (Å²) in [6.07, 6.45) is -0.885. The van der Waals surface area contributed by atoms with Gasteiger partial charge in [-0.2, -0.15) is 4.98 Å². The molecule has 7 nitrogen and oxygen atoms in total. The average Bonchev–Trinajstić information content (AvgIpc) is 2.84. The van der Waals surface area contributed by atoms with Crippen LogP contribution in [0.4, 0.5) is 8.78 Å². The van der Waals surface area contributed by atoms with Crippen LogP contribution in [0.5, 0.6) is 23.3 Å². The molecular formula is C25H26F2N2O5. The molecule has 2 aromatic carbocycles. The van der Waals surface area contributed by atoms with Gasteiger partial charge >= 0.3 is 5.97 Å². The monoisotopic (exact) mass is 472 g/mol. The fraction of sp³-hybridized carbons (Fsp3) is 0.280. The molecule has 0 radical (unpaired) electrons. The number of ether oxygens (including phenoxy) is 3. The number of nitrogens with two attached hydrogens (primary N) is 1. The molecule has 3 rings (SSSR count). The first-order valence-electron chi connectivity index (χ1n) is 10.7. The number of rotatable bonds is 10. The number of pyridine rings is 1. The molecule has 0 saturated heterocycles. The number of methoxy groups -OCH3 is 1. The number of hydrogen-bond acceptors (Lipinski definition) is 6. The highest BCUT2D eigenvalue weighted by Gasteiger charge is 2.28. The van der Waals surface area contributed by atoms with Crippen molar-refractivity contribution in [1.82, 2.24) is 4.98 Å². The van der Waals surface area contributed by atoms with E-state index in [0.717, 1.165) is 11.1 Å². The molecule has 3 N–H and O–H groups in total. The van der Waals surface area contributed by atoms with Gasteiger partial charge in [0.1, 0.15) is 11.5 Å². The maximum Gasteiger partial charge on any atom is 0.345 e. The third kappa shape index (κ3) is 5.79. The molecule has 0 aliphatic rings. The Morgan fingerprint density at radius 1 is 1.06 bits per heavy atom. The number of nitrogens with zero attached hydrogens (tertiary/aromatic N) is 1. The third-order valence-corrected chi connectivity index (χ3v) is 5.33. The average molecular weight is 472 g/mol. The van der Waals surface area contributed by atoms with Crippen LogP contribution in [0.2, 0.25) is 0 Å². The fourth-order valence-corrected chi connectivity index (χ4v) is 3.24. The van der Waals surface area contributed by atoms with Crippen LogP contribution in [0.15, 0.2) is 48.5 Å². The van der Waals surface area contributed by atoms with E-state index in [9.17, 15) is 18.7 Å². The predicted molar refractivity (Wildman–Crippen MR) is 122 cm³/mol. The van der Waals surface area contributed by atoms with Gasteiger partial charge in [0.05, 0.1) is 7.11 Å². The number of hydrogen-bond donors (Lipinski definition) is 2. The quantitative estimate of drug-likeness (QED) is 0.420. The summed E-state index contributed by atoms with van der Waals surface area (Å²) in [5, 5.41) is 9.42. The Balaban J connectivity index is 1.97. The Morgan fingerprint density at radius 3 is 2.41 bits per heavy atom. The first-order valence-corrected chi connectivity index (χ1v) is 10.7. The van der Waals surface area contributed by atoms with Gasteiger partial charge in [0, 0.05) is 24.6 Å². The largest absolute Gasteiger partial charge is 0.497 e. The van der Waals surface area contributed by atoms with E-state index in [1.54, 1.807) is 26.0 Å². The summed E-state index contributed by atoms with van der Waals surface area (Å²) in [4.78, 5) is 15.3. The summed E-state index contributed by atoms with van der Waals surface area (Å²) in [5.74, 6) is -4.54. The van der Waals surface area contributed by atoms with E-state index >= 15 is 0 Å². The van der Waals surface area contributed by atoms with Crippen LogP contribution in [-0.2, 0) is 11.3 Å².